The van der Waals surface area contributed by atoms with Crippen molar-refractivity contribution in [3.8, 4) is 0 Å². The molecule has 1 aromatic carbocycles. The minimum absolute atomic E-state index is 0.0846. The van der Waals surface area contributed by atoms with Crippen LogP contribution in [0, 0.1) is 5.92 Å². The number of alkyl halides is 3. The van der Waals surface area contributed by atoms with Gasteiger partial charge in [-0.05, 0) is 43.4 Å². The number of benzene rings is 1. The van der Waals surface area contributed by atoms with E-state index in [9.17, 15) is 18.0 Å². The van der Waals surface area contributed by atoms with E-state index in [4.69, 9.17) is 0 Å². The average molecular weight is 394 g/mol. The average Bonchev–Trinajstić information content (AvgIpc) is 3.20. The fourth-order valence-electron chi connectivity index (χ4n) is 3.74. The summed E-state index contributed by atoms with van der Waals surface area (Å²) < 4.78 is 38.6. The predicted octanol–water partition coefficient (Wildman–Crippen LogP) is 3.46. The molecule has 0 spiro atoms. The van der Waals surface area contributed by atoms with Gasteiger partial charge in [0.2, 0.25) is 0 Å². The first-order valence-corrected chi connectivity index (χ1v) is 9.45. The van der Waals surface area contributed by atoms with E-state index in [1.54, 1.807) is 18.0 Å². The third-order valence-corrected chi connectivity index (χ3v) is 5.18. The zero-order valence-electron chi connectivity index (χ0n) is 15.9. The molecule has 28 heavy (non-hydrogen) atoms. The number of nitrogens with zero attached hydrogens (tertiary/aromatic N) is 3. The molecule has 1 aromatic heterocycles. The van der Waals surface area contributed by atoms with Gasteiger partial charge >= 0.3 is 6.18 Å². The van der Waals surface area contributed by atoms with E-state index in [1.165, 1.54) is 24.7 Å². The Morgan fingerprint density at radius 3 is 2.93 bits per heavy atom. The number of nitrogens with one attached hydrogen (secondary N) is 1. The summed E-state index contributed by atoms with van der Waals surface area (Å²) in [6.07, 6.45) is 1.34. The van der Waals surface area contributed by atoms with Crippen LogP contribution in [-0.4, -0.2) is 58.9 Å². The van der Waals surface area contributed by atoms with Crippen molar-refractivity contribution in [3.05, 3.63) is 53.6 Å². The van der Waals surface area contributed by atoms with E-state index < -0.39 is 11.7 Å². The van der Waals surface area contributed by atoms with Crippen molar-refractivity contribution < 1.29 is 18.0 Å². The molecule has 1 atom stereocenters. The van der Waals surface area contributed by atoms with Gasteiger partial charge in [0, 0.05) is 26.7 Å². The van der Waals surface area contributed by atoms with Crippen LogP contribution in [0.3, 0.4) is 0 Å². The summed E-state index contributed by atoms with van der Waals surface area (Å²) in [7, 11) is 1.78. The Hall–Kier alpha value is -2.35. The molecule has 1 amide bonds. The zero-order chi connectivity index (χ0) is 20.1. The lowest BCUT2D eigenvalue weighted by atomic mass is 9.97. The number of aromatic nitrogens is 2. The Morgan fingerprint density at radius 1 is 1.39 bits per heavy atom. The molecule has 5 nitrogen and oxygen atoms in total. The van der Waals surface area contributed by atoms with Gasteiger partial charge in [0.15, 0.2) is 0 Å². The summed E-state index contributed by atoms with van der Waals surface area (Å²) >= 11 is 0. The van der Waals surface area contributed by atoms with Crippen molar-refractivity contribution in [1.82, 2.24) is 19.8 Å². The number of aromatic amines is 1. The minimum atomic E-state index is -4.31. The van der Waals surface area contributed by atoms with Crippen LogP contribution in [0.2, 0.25) is 0 Å². The topological polar surface area (TPSA) is 52.2 Å². The Bertz CT molecular complexity index is 776. The molecular formula is C20H25F3N4O. The number of amides is 1. The highest BCUT2D eigenvalue weighted by molar-refractivity contribution is 5.91. The fraction of sp³-hybridized carbons (Fsp3) is 0.500. The number of carbonyl (C=O) groups excluding carboxylic acids is 1. The first-order chi connectivity index (χ1) is 13.3. The summed E-state index contributed by atoms with van der Waals surface area (Å²) in [4.78, 5) is 23.0. The molecule has 1 fully saturated rings. The highest BCUT2D eigenvalue weighted by Crippen LogP contribution is 2.29. The second-order valence-corrected chi connectivity index (χ2v) is 7.41. The van der Waals surface area contributed by atoms with Crippen molar-refractivity contribution in [1.29, 1.82) is 0 Å². The number of likely N-dealkylation sites (tertiary alicyclic amines) is 1. The van der Waals surface area contributed by atoms with Gasteiger partial charge in [-0.15, -0.1) is 0 Å². The quantitative estimate of drug-likeness (QED) is 0.817. The molecule has 0 bridgehead atoms. The van der Waals surface area contributed by atoms with Crippen LogP contribution in [0.5, 0.6) is 0 Å². The summed E-state index contributed by atoms with van der Waals surface area (Å²) in [5, 5.41) is 0. The van der Waals surface area contributed by atoms with Gasteiger partial charge in [0.05, 0.1) is 18.1 Å². The zero-order valence-corrected chi connectivity index (χ0v) is 15.9. The maximum absolute atomic E-state index is 12.9. The molecule has 1 unspecified atom stereocenters. The molecule has 0 saturated carbocycles. The largest absolute Gasteiger partial charge is 0.416 e. The van der Waals surface area contributed by atoms with E-state index in [1.807, 2.05) is 0 Å². The fourth-order valence-corrected chi connectivity index (χ4v) is 3.74. The lowest BCUT2D eigenvalue weighted by molar-refractivity contribution is -0.137. The monoisotopic (exact) mass is 394 g/mol. The molecule has 0 radical (unpaired) electrons. The maximum Gasteiger partial charge on any atom is 0.416 e. The number of carbonyl (C=O) groups is 1. The molecule has 2 heterocycles. The number of halogens is 3. The van der Waals surface area contributed by atoms with Crippen molar-refractivity contribution in [2.24, 2.45) is 5.92 Å². The second kappa shape index (κ2) is 8.77. The summed E-state index contributed by atoms with van der Waals surface area (Å²) in [6, 6.07) is 5.55. The number of H-pyrrole nitrogens is 1. The smallest absolute Gasteiger partial charge is 0.341 e. The minimum Gasteiger partial charge on any atom is -0.341 e. The molecule has 2 aromatic rings. The van der Waals surface area contributed by atoms with Crippen molar-refractivity contribution in [2.45, 2.75) is 25.4 Å². The molecule has 0 aliphatic carbocycles. The maximum atomic E-state index is 12.9. The summed E-state index contributed by atoms with van der Waals surface area (Å²) in [5.74, 6) is 0.269. The highest BCUT2D eigenvalue weighted by atomic mass is 19.4. The molecule has 8 heteroatoms. The number of hydrogen-bond donors (Lipinski definition) is 1. The molecule has 3 rings (SSSR count). The van der Waals surface area contributed by atoms with Crippen LogP contribution in [-0.2, 0) is 12.6 Å². The van der Waals surface area contributed by atoms with Crippen LogP contribution in [0.25, 0.3) is 0 Å². The highest BCUT2D eigenvalue weighted by Gasteiger charge is 2.30. The predicted molar refractivity (Wildman–Crippen MR) is 99.9 cm³/mol. The molecular weight excluding hydrogens is 369 g/mol. The van der Waals surface area contributed by atoms with Crippen LogP contribution >= 0.6 is 0 Å². The first kappa shape index (κ1) is 20.4. The van der Waals surface area contributed by atoms with Gasteiger partial charge in [-0.3, -0.25) is 4.79 Å². The van der Waals surface area contributed by atoms with E-state index in [0.717, 1.165) is 38.5 Å². The van der Waals surface area contributed by atoms with Gasteiger partial charge in [-0.25, -0.2) is 4.98 Å². The van der Waals surface area contributed by atoms with Crippen molar-refractivity contribution in [3.63, 3.8) is 0 Å². The number of piperidine rings is 1. The van der Waals surface area contributed by atoms with Crippen LogP contribution in [0.1, 0.15) is 34.5 Å². The summed E-state index contributed by atoms with van der Waals surface area (Å²) in [5.41, 5.74) is 0.573. The Kier molecular flexibility index (Phi) is 6.39. The van der Waals surface area contributed by atoms with Gasteiger partial charge in [-0.2, -0.15) is 13.2 Å². The van der Waals surface area contributed by atoms with Crippen molar-refractivity contribution in [2.75, 3.05) is 33.2 Å². The van der Waals surface area contributed by atoms with Crippen LogP contribution in [0.4, 0.5) is 13.2 Å². The first-order valence-electron chi connectivity index (χ1n) is 9.45. The number of hydrogen-bond acceptors (Lipinski definition) is 3. The molecule has 1 aliphatic heterocycles. The van der Waals surface area contributed by atoms with Crippen LogP contribution < -0.4 is 0 Å². The second-order valence-electron chi connectivity index (χ2n) is 7.41. The molecule has 152 valence electrons. The van der Waals surface area contributed by atoms with Gasteiger partial charge in [0.1, 0.15) is 5.69 Å². The third kappa shape index (κ3) is 5.34. The Morgan fingerprint density at radius 2 is 2.21 bits per heavy atom. The number of rotatable bonds is 6. The number of imidazole rings is 1. The van der Waals surface area contributed by atoms with Gasteiger partial charge in [0.25, 0.3) is 5.91 Å². The van der Waals surface area contributed by atoms with E-state index >= 15 is 0 Å². The standard InChI is InChI=1S/C20H25F3N4O/c1-26(19(28)18-11-24-14-25-18)12-16-5-3-8-27(13-16)9-7-15-4-2-6-17(10-15)20(21,22)23/h2,4,6,10-11,14,16H,3,5,7-9,12-13H2,1H3,(H,24,25). The molecule has 1 aliphatic rings. The normalized spacial score (nSPS) is 18.2. The van der Waals surface area contributed by atoms with Crippen LogP contribution in [0.15, 0.2) is 36.8 Å². The Labute approximate surface area is 162 Å². The SMILES string of the molecule is CN(CC1CCCN(CCc2cccc(C(F)(F)F)c2)C1)C(=O)c1cnc[nH]1. The van der Waals surface area contributed by atoms with E-state index in [-0.39, 0.29) is 5.91 Å². The summed E-state index contributed by atoms with van der Waals surface area (Å²) in [6.45, 7) is 3.15. The van der Waals surface area contributed by atoms with E-state index in [2.05, 4.69) is 14.9 Å². The van der Waals surface area contributed by atoms with Gasteiger partial charge in [-0.1, -0.05) is 18.2 Å². The lowest BCUT2D eigenvalue weighted by Gasteiger charge is -2.34. The third-order valence-electron chi connectivity index (χ3n) is 5.18. The molecule has 1 saturated heterocycles. The molecule has 1 N–H and O–H groups in total. The van der Waals surface area contributed by atoms with Crippen molar-refractivity contribution >= 4 is 5.91 Å². The van der Waals surface area contributed by atoms with E-state index in [0.29, 0.717) is 30.1 Å². The Balaban J connectivity index is 1.50. The lowest BCUT2D eigenvalue weighted by Crippen LogP contribution is -2.42. The van der Waals surface area contributed by atoms with Gasteiger partial charge < -0.3 is 14.8 Å².